The first-order chi connectivity index (χ1) is 11.0. The Hall–Kier alpha value is -1.56. The number of hydrogen-bond acceptors (Lipinski definition) is 4. The summed E-state index contributed by atoms with van der Waals surface area (Å²) < 4.78 is 13.4. The number of nitrogens with zero attached hydrogens (tertiary/aromatic N) is 2. The molecule has 1 aliphatic carbocycles. The molecule has 5 nitrogen and oxygen atoms in total. The van der Waals surface area contributed by atoms with Crippen LogP contribution in [0.5, 0.6) is 5.75 Å². The molecular formula is C17H21BrN2O3. The molecule has 0 atom stereocenters. The van der Waals surface area contributed by atoms with Crippen molar-refractivity contribution < 1.29 is 14.3 Å². The normalized spacial score (nSPS) is 17.2. The number of ether oxygens (including phenoxy) is 2. The molecule has 0 N–H and O–H groups in total. The van der Waals surface area contributed by atoms with E-state index in [1.807, 2.05) is 23.7 Å². The quantitative estimate of drug-likeness (QED) is 0.761. The molecule has 1 heterocycles. The Morgan fingerprint density at radius 3 is 2.57 bits per heavy atom. The lowest BCUT2D eigenvalue weighted by atomic mass is 9.73. The summed E-state index contributed by atoms with van der Waals surface area (Å²) in [7, 11) is 5.05. The lowest BCUT2D eigenvalue weighted by Crippen LogP contribution is -2.41. The van der Waals surface area contributed by atoms with E-state index >= 15 is 0 Å². The number of methoxy groups -OCH3 is 2. The first-order valence-electron chi connectivity index (χ1n) is 7.82. The van der Waals surface area contributed by atoms with Gasteiger partial charge in [-0.05, 0) is 34.8 Å². The number of carbonyl (C=O) groups is 1. The number of halogens is 1. The summed E-state index contributed by atoms with van der Waals surface area (Å²) in [6, 6.07) is 3.88. The molecule has 0 bridgehead atoms. The number of rotatable bonds is 3. The molecule has 6 heteroatoms. The van der Waals surface area contributed by atoms with E-state index in [4.69, 9.17) is 14.5 Å². The van der Waals surface area contributed by atoms with Crippen molar-refractivity contribution in [3.63, 3.8) is 0 Å². The molecule has 1 aromatic carbocycles. The van der Waals surface area contributed by atoms with Gasteiger partial charge < -0.3 is 14.0 Å². The van der Waals surface area contributed by atoms with Crippen LogP contribution in [0, 0.1) is 0 Å². The number of fused-ring (bicyclic) bond motifs is 1. The maximum atomic E-state index is 12.6. The van der Waals surface area contributed by atoms with E-state index in [-0.39, 0.29) is 5.97 Å². The molecule has 124 valence electrons. The van der Waals surface area contributed by atoms with E-state index in [0.29, 0.717) is 0 Å². The number of hydrogen-bond donors (Lipinski definition) is 0. The summed E-state index contributed by atoms with van der Waals surface area (Å²) >= 11 is 3.52. The van der Waals surface area contributed by atoms with E-state index in [1.54, 1.807) is 7.11 Å². The third kappa shape index (κ3) is 2.53. The maximum Gasteiger partial charge on any atom is 0.319 e. The van der Waals surface area contributed by atoms with Crippen LogP contribution in [-0.4, -0.2) is 29.7 Å². The van der Waals surface area contributed by atoms with Crippen molar-refractivity contribution >= 4 is 32.9 Å². The Balaban J connectivity index is 2.21. The number of imidazole rings is 1. The summed E-state index contributed by atoms with van der Waals surface area (Å²) in [5, 5.41) is 0. The molecule has 0 amide bonds. The predicted octanol–water partition coefficient (Wildman–Crippen LogP) is 3.72. The van der Waals surface area contributed by atoms with Crippen LogP contribution in [-0.2, 0) is 22.0 Å². The van der Waals surface area contributed by atoms with Gasteiger partial charge in [0.05, 0.1) is 29.7 Å². The van der Waals surface area contributed by atoms with Crippen LogP contribution in [0.15, 0.2) is 16.6 Å². The highest BCUT2D eigenvalue weighted by atomic mass is 79.9. The summed E-state index contributed by atoms with van der Waals surface area (Å²) in [6.45, 7) is 0. The number of aromatic nitrogens is 2. The topological polar surface area (TPSA) is 53.4 Å². The lowest BCUT2D eigenvalue weighted by Gasteiger charge is -2.33. The zero-order valence-corrected chi connectivity index (χ0v) is 15.3. The fourth-order valence-electron chi connectivity index (χ4n) is 3.65. The van der Waals surface area contributed by atoms with Gasteiger partial charge in [-0.3, -0.25) is 4.79 Å². The zero-order chi connectivity index (χ0) is 16.6. The fourth-order valence-corrected chi connectivity index (χ4v) is 4.14. The van der Waals surface area contributed by atoms with Crippen molar-refractivity contribution in [1.82, 2.24) is 9.55 Å². The van der Waals surface area contributed by atoms with E-state index < -0.39 is 5.41 Å². The van der Waals surface area contributed by atoms with Gasteiger partial charge in [0.2, 0.25) is 0 Å². The summed E-state index contributed by atoms with van der Waals surface area (Å²) in [6.07, 6.45) is 4.77. The van der Waals surface area contributed by atoms with Gasteiger partial charge in [-0.2, -0.15) is 0 Å². The standard InChI is InChI=1S/C17H21BrN2O3/c1-20-13-9-11(18)14(22-2)10-12(13)19-15(20)17(16(21)23-3)7-5-4-6-8-17/h9-10H,4-8H2,1-3H3. The summed E-state index contributed by atoms with van der Waals surface area (Å²) in [5.74, 6) is 1.35. The highest BCUT2D eigenvalue weighted by Crippen LogP contribution is 2.41. The molecule has 3 rings (SSSR count). The first-order valence-corrected chi connectivity index (χ1v) is 8.61. The predicted molar refractivity (Wildman–Crippen MR) is 91.7 cm³/mol. The maximum absolute atomic E-state index is 12.6. The van der Waals surface area contributed by atoms with Gasteiger partial charge in [0.15, 0.2) is 0 Å². The van der Waals surface area contributed by atoms with Gasteiger partial charge in [0, 0.05) is 13.1 Å². The molecule has 1 aliphatic rings. The second-order valence-electron chi connectivity index (χ2n) is 6.10. The monoisotopic (exact) mass is 380 g/mol. The number of aryl methyl sites for hydroxylation is 1. The minimum Gasteiger partial charge on any atom is -0.495 e. The summed E-state index contributed by atoms with van der Waals surface area (Å²) in [4.78, 5) is 17.4. The number of benzene rings is 1. The van der Waals surface area contributed by atoms with Gasteiger partial charge in [-0.25, -0.2) is 4.98 Å². The minimum atomic E-state index is -0.638. The van der Waals surface area contributed by atoms with Crippen molar-refractivity contribution in [1.29, 1.82) is 0 Å². The van der Waals surface area contributed by atoms with Gasteiger partial charge in [0.1, 0.15) is 17.0 Å². The average molecular weight is 381 g/mol. The lowest BCUT2D eigenvalue weighted by molar-refractivity contribution is -0.149. The second-order valence-corrected chi connectivity index (χ2v) is 6.96. The molecule has 0 aliphatic heterocycles. The fraction of sp³-hybridized carbons (Fsp3) is 0.529. The molecule has 23 heavy (non-hydrogen) atoms. The second kappa shape index (κ2) is 6.15. The Kier molecular flexibility index (Phi) is 4.36. The highest BCUT2D eigenvalue weighted by Gasteiger charge is 2.46. The number of esters is 1. The third-order valence-corrected chi connectivity index (χ3v) is 5.49. The van der Waals surface area contributed by atoms with E-state index in [0.717, 1.165) is 59.2 Å². The Morgan fingerprint density at radius 1 is 1.26 bits per heavy atom. The average Bonchev–Trinajstić information content (AvgIpc) is 2.90. The third-order valence-electron chi connectivity index (χ3n) is 4.87. The van der Waals surface area contributed by atoms with Crippen molar-refractivity contribution in [3.8, 4) is 5.75 Å². The van der Waals surface area contributed by atoms with Crippen LogP contribution < -0.4 is 4.74 Å². The smallest absolute Gasteiger partial charge is 0.319 e. The van der Waals surface area contributed by atoms with Crippen LogP contribution in [0.25, 0.3) is 11.0 Å². The highest BCUT2D eigenvalue weighted by molar-refractivity contribution is 9.10. The van der Waals surface area contributed by atoms with Crippen LogP contribution in [0.3, 0.4) is 0 Å². The Morgan fingerprint density at radius 2 is 1.96 bits per heavy atom. The molecule has 0 spiro atoms. The molecule has 0 radical (unpaired) electrons. The van der Waals surface area contributed by atoms with Gasteiger partial charge in [0.25, 0.3) is 0 Å². The molecular weight excluding hydrogens is 360 g/mol. The van der Waals surface area contributed by atoms with E-state index in [9.17, 15) is 4.79 Å². The molecule has 0 unspecified atom stereocenters. The molecule has 1 aromatic heterocycles. The zero-order valence-electron chi connectivity index (χ0n) is 13.7. The van der Waals surface area contributed by atoms with Crippen LogP contribution in [0.4, 0.5) is 0 Å². The Labute approximate surface area is 144 Å². The molecule has 1 fully saturated rings. The number of carbonyl (C=O) groups excluding carboxylic acids is 1. The summed E-state index contributed by atoms with van der Waals surface area (Å²) in [5.41, 5.74) is 1.17. The van der Waals surface area contributed by atoms with E-state index in [2.05, 4.69) is 15.9 Å². The molecule has 2 aromatic rings. The Bertz CT molecular complexity index is 748. The molecule has 0 saturated heterocycles. The van der Waals surface area contributed by atoms with Crippen LogP contribution in [0.1, 0.15) is 37.9 Å². The van der Waals surface area contributed by atoms with Crippen molar-refractivity contribution in [2.75, 3.05) is 14.2 Å². The first kappa shape index (κ1) is 16.3. The van der Waals surface area contributed by atoms with E-state index in [1.165, 1.54) is 7.11 Å². The van der Waals surface area contributed by atoms with Gasteiger partial charge in [-0.1, -0.05) is 19.3 Å². The SMILES string of the molecule is COC(=O)C1(c2nc3cc(OC)c(Br)cc3n2C)CCCCC1. The van der Waals surface area contributed by atoms with Crippen LogP contribution >= 0.6 is 15.9 Å². The van der Waals surface area contributed by atoms with Gasteiger partial charge >= 0.3 is 5.97 Å². The van der Waals surface area contributed by atoms with Crippen molar-refractivity contribution in [3.05, 3.63) is 22.4 Å². The van der Waals surface area contributed by atoms with Crippen molar-refractivity contribution in [2.24, 2.45) is 7.05 Å². The minimum absolute atomic E-state index is 0.179. The van der Waals surface area contributed by atoms with Crippen LogP contribution in [0.2, 0.25) is 0 Å². The van der Waals surface area contributed by atoms with Gasteiger partial charge in [-0.15, -0.1) is 0 Å². The largest absolute Gasteiger partial charge is 0.495 e. The van der Waals surface area contributed by atoms with Crippen molar-refractivity contribution in [2.45, 2.75) is 37.5 Å². The molecule has 1 saturated carbocycles.